The second kappa shape index (κ2) is 8.68. The Labute approximate surface area is 172 Å². The molecule has 5 heteroatoms. The summed E-state index contributed by atoms with van der Waals surface area (Å²) >= 11 is 0. The summed E-state index contributed by atoms with van der Waals surface area (Å²) in [6.07, 6.45) is 3.95. The largest absolute Gasteiger partial charge is 0.371 e. The molecule has 0 saturated carbocycles. The number of anilines is 1. The van der Waals surface area contributed by atoms with Gasteiger partial charge in [0.25, 0.3) is 11.8 Å². The van der Waals surface area contributed by atoms with E-state index in [0.717, 1.165) is 68.7 Å². The molecule has 0 aliphatic carbocycles. The van der Waals surface area contributed by atoms with Crippen molar-refractivity contribution in [2.45, 2.75) is 38.6 Å². The van der Waals surface area contributed by atoms with E-state index in [9.17, 15) is 9.59 Å². The molecular formula is C24H29N3O2. The van der Waals surface area contributed by atoms with Gasteiger partial charge in [0.2, 0.25) is 0 Å². The van der Waals surface area contributed by atoms with Gasteiger partial charge in [-0.3, -0.25) is 9.59 Å². The van der Waals surface area contributed by atoms with E-state index in [1.165, 1.54) is 0 Å². The summed E-state index contributed by atoms with van der Waals surface area (Å²) in [5.74, 6) is 0.143. The van der Waals surface area contributed by atoms with Crippen LogP contribution in [0, 0.1) is 6.92 Å². The van der Waals surface area contributed by atoms with E-state index >= 15 is 0 Å². The van der Waals surface area contributed by atoms with Gasteiger partial charge in [-0.05, 0) is 56.9 Å². The first-order valence-corrected chi connectivity index (χ1v) is 10.6. The van der Waals surface area contributed by atoms with Crippen molar-refractivity contribution in [3.8, 4) is 0 Å². The Bertz CT molecular complexity index is 881. The van der Waals surface area contributed by atoms with E-state index in [2.05, 4.69) is 16.3 Å². The molecule has 2 aromatic carbocycles. The molecule has 5 nitrogen and oxygen atoms in total. The average Bonchev–Trinajstić information content (AvgIpc) is 3.29. The van der Waals surface area contributed by atoms with Crippen LogP contribution in [0.4, 0.5) is 5.69 Å². The minimum absolute atomic E-state index is 0.00300. The van der Waals surface area contributed by atoms with Crippen LogP contribution in [-0.4, -0.2) is 48.9 Å². The molecule has 0 spiro atoms. The molecule has 0 radical (unpaired) electrons. The van der Waals surface area contributed by atoms with E-state index in [-0.39, 0.29) is 17.9 Å². The number of nitrogens with zero attached hydrogens (tertiary/aromatic N) is 2. The highest BCUT2D eigenvalue weighted by Gasteiger charge is 2.26. The molecule has 2 aliphatic heterocycles. The number of likely N-dealkylation sites (tertiary alicyclic amines) is 1. The van der Waals surface area contributed by atoms with Gasteiger partial charge in [0, 0.05) is 43.5 Å². The van der Waals surface area contributed by atoms with Gasteiger partial charge in [-0.25, -0.2) is 0 Å². The molecule has 4 rings (SSSR count). The van der Waals surface area contributed by atoms with Gasteiger partial charge in [0.05, 0.1) is 5.56 Å². The number of rotatable bonds is 4. The van der Waals surface area contributed by atoms with Crippen molar-refractivity contribution in [2.24, 2.45) is 0 Å². The second-order valence-corrected chi connectivity index (χ2v) is 8.12. The van der Waals surface area contributed by atoms with Gasteiger partial charge in [-0.2, -0.15) is 0 Å². The van der Waals surface area contributed by atoms with Crippen LogP contribution in [-0.2, 0) is 0 Å². The van der Waals surface area contributed by atoms with Crippen LogP contribution in [0.5, 0.6) is 0 Å². The number of nitrogens with one attached hydrogen (secondary N) is 1. The molecule has 1 N–H and O–H groups in total. The summed E-state index contributed by atoms with van der Waals surface area (Å²) in [4.78, 5) is 29.7. The normalized spacial score (nSPS) is 17.4. The molecule has 2 saturated heterocycles. The first-order chi connectivity index (χ1) is 14.1. The van der Waals surface area contributed by atoms with Crippen molar-refractivity contribution < 1.29 is 9.59 Å². The molecule has 152 valence electrons. The first-order valence-electron chi connectivity index (χ1n) is 10.6. The van der Waals surface area contributed by atoms with E-state index in [1.54, 1.807) is 0 Å². The lowest BCUT2D eigenvalue weighted by atomic mass is 10.0. The molecule has 0 unspecified atom stereocenters. The summed E-state index contributed by atoms with van der Waals surface area (Å²) in [5, 5.41) is 3.18. The number of hydrogen-bond acceptors (Lipinski definition) is 3. The number of benzene rings is 2. The molecule has 2 fully saturated rings. The number of carbonyl (C=O) groups is 2. The highest BCUT2D eigenvalue weighted by Crippen LogP contribution is 2.26. The molecule has 2 heterocycles. The Hall–Kier alpha value is -2.82. The Balaban J connectivity index is 1.39. The summed E-state index contributed by atoms with van der Waals surface area (Å²) in [5.41, 5.74) is 3.63. The van der Waals surface area contributed by atoms with Crippen molar-refractivity contribution in [2.75, 3.05) is 31.1 Å². The highest BCUT2D eigenvalue weighted by molar-refractivity contribution is 6.00. The van der Waals surface area contributed by atoms with E-state index in [0.29, 0.717) is 5.56 Å². The maximum absolute atomic E-state index is 12.9. The molecule has 2 amide bonds. The van der Waals surface area contributed by atoms with E-state index in [4.69, 9.17) is 0 Å². The first kappa shape index (κ1) is 19.5. The molecule has 29 heavy (non-hydrogen) atoms. The van der Waals surface area contributed by atoms with Crippen molar-refractivity contribution in [1.82, 2.24) is 10.2 Å². The van der Waals surface area contributed by atoms with Crippen LogP contribution >= 0.6 is 0 Å². The zero-order valence-electron chi connectivity index (χ0n) is 17.1. The smallest absolute Gasteiger partial charge is 0.255 e. The molecule has 0 bridgehead atoms. The zero-order chi connectivity index (χ0) is 20.2. The van der Waals surface area contributed by atoms with Gasteiger partial charge >= 0.3 is 0 Å². The Morgan fingerprint density at radius 3 is 2.38 bits per heavy atom. The van der Waals surface area contributed by atoms with Crippen LogP contribution in [0.1, 0.15) is 52.0 Å². The molecular weight excluding hydrogens is 362 g/mol. The summed E-state index contributed by atoms with van der Waals surface area (Å²) < 4.78 is 0. The van der Waals surface area contributed by atoms with Crippen molar-refractivity contribution >= 4 is 17.5 Å². The lowest BCUT2D eigenvalue weighted by Crippen LogP contribution is -2.45. The summed E-state index contributed by atoms with van der Waals surface area (Å²) in [6, 6.07) is 15.8. The Morgan fingerprint density at radius 1 is 0.931 bits per heavy atom. The predicted molar refractivity (Wildman–Crippen MR) is 115 cm³/mol. The van der Waals surface area contributed by atoms with E-state index < -0.39 is 0 Å². The van der Waals surface area contributed by atoms with Gasteiger partial charge in [-0.15, -0.1) is 0 Å². The fourth-order valence-corrected chi connectivity index (χ4v) is 4.34. The second-order valence-electron chi connectivity index (χ2n) is 8.12. The lowest BCUT2D eigenvalue weighted by Gasteiger charge is -2.35. The topological polar surface area (TPSA) is 52.7 Å². The van der Waals surface area contributed by atoms with Crippen LogP contribution in [0.15, 0.2) is 48.5 Å². The SMILES string of the molecule is Cc1cccc(C(=O)NC2CCN(c3ccccc3C(=O)N3CCCC3)CC2)c1. The molecule has 2 aromatic rings. The number of piperidine rings is 1. The summed E-state index contributed by atoms with van der Waals surface area (Å²) in [6.45, 7) is 5.39. The lowest BCUT2D eigenvalue weighted by molar-refractivity contribution is 0.0793. The van der Waals surface area contributed by atoms with Gasteiger partial charge in [-0.1, -0.05) is 29.8 Å². The van der Waals surface area contributed by atoms with Crippen LogP contribution in [0.2, 0.25) is 0 Å². The minimum atomic E-state index is -0.00300. The third kappa shape index (κ3) is 4.44. The maximum atomic E-state index is 12.9. The predicted octanol–water partition coefficient (Wildman–Crippen LogP) is 3.63. The monoisotopic (exact) mass is 391 g/mol. The van der Waals surface area contributed by atoms with Crippen LogP contribution < -0.4 is 10.2 Å². The fourth-order valence-electron chi connectivity index (χ4n) is 4.34. The van der Waals surface area contributed by atoms with Gasteiger partial charge < -0.3 is 15.1 Å². The fraction of sp³-hybridized carbons (Fsp3) is 0.417. The Kier molecular flexibility index (Phi) is 5.84. The standard InChI is InChI=1S/C24H29N3O2/c1-18-7-6-8-19(17-18)23(28)25-20-11-15-26(16-12-20)22-10-3-2-9-21(22)24(29)27-13-4-5-14-27/h2-3,6-10,17,20H,4-5,11-16H2,1H3,(H,25,28). The third-order valence-electron chi connectivity index (χ3n) is 5.98. The molecule has 0 atom stereocenters. The van der Waals surface area contributed by atoms with Crippen LogP contribution in [0.25, 0.3) is 0 Å². The van der Waals surface area contributed by atoms with E-state index in [1.807, 2.05) is 54.3 Å². The molecule has 0 aromatic heterocycles. The summed E-state index contributed by atoms with van der Waals surface area (Å²) in [7, 11) is 0. The number of hydrogen-bond donors (Lipinski definition) is 1. The van der Waals surface area contributed by atoms with Crippen LogP contribution in [0.3, 0.4) is 0 Å². The number of aryl methyl sites for hydroxylation is 1. The number of para-hydroxylation sites is 1. The average molecular weight is 392 g/mol. The quantitative estimate of drug-likeness (QED) is 0.866. The Morgan fingerprint density at radius 2 is 1.66 bits per heavy atom. The van der Waals surface area contributed by atoms with Crippen molar-refractivity contribution in [3.05, 3.63) is 65.2 Å². The highest BCUT2D eigenvalue weighted by atomic mass is 16.2. The molecule has 2 aliphatic rings. The van der Waals surface area contributed by atoms with Crippen molar-refractivity contribution in [3.63, 3.8) is 0 Å². The number of carbonyl (C=O) groups excluding carboxylic acids is 2. The van der Waals surface area contributed by atoms with Gasteiger partial charge in [0.15, 0.2) is 0 Å². The minimum Gasteiger partial charge on any atom is -0.371 e. The third-order valence-corrected chi connectivity index (χ3v) is 5.98. The van der Waals surface area contributed by atoms with Gasteiger partial charge in [0.1, 0.15) is 0 Å². The zero-order valence-corrected chi connectivity index (χ0v) is 17.1. The van der Waals surface area contributed by atoms with Crippen molar-refractivity contribution in [1.29, 1.82) is 0 Å². The number of amides is 2. The maximum Gasteiger partial charge on any atom is 0.255 e.